The summed E-state index contributed by atoms with van der Waals surface area (Å²) in [5, 5.41) is 15.1. The molecule has 0 saturated carbocycles. The van der Waals surface area contributed by atoms with Gasteiger partial charge < -0.3 is 14.8 Å². The quantitative estimate of drug-likeness (QED) is 0.913. The van der Waals surface area contributed by atoms with Crippen LogP contribution in [0.1, 0.15) is 46.3 Å². The fourth-order valence-corrected chi connectivity index (χ4v) is 3.83. The van der Waals surface area contributed by atoms with Gasteiger partial charge in [0.15, 0.2) is 0 Å². The van der Waals surface area contributed by atoms with Crippen LogP contribution in [0.2, 0.25) is 0 Å². The third kappa shape index (κ3) is 2.89. The molecule has 1 unspecified atom stereocenters. The Morgan fingerprint density at radius 3 is 3.05 bits per heavy atom. The molecule has 3 rings (SSSR count). The molecular weight excluding hydrogens is 286 g/mol. The van der Waals surface area contributed by atoms with Crippen LogP contribution < -0.4 is 5.32 Å². The highest BCUT2D eigenvalue weighted by Gasteiger charge is 2.28. The van der Waals surface area contributed by atoms with E-state index in [2.05, 4.69) is 5.32 Å². The summed E-state index contributed by atoms with van der Waals surface area (Å²) < 4.78 is 5.21. The van der Waals surface area contributed by atoms with Crippen LogP contribution in [0.25, 0.3) is 0 Å². The molecule has 0 aromatic carbocycles. The van der Waals surface area contributed by atoms with Crippen molar-refractivity contribution in [2.24, 2.45) is 0 Å². The Labute approximate surface area is 127 Å². The standard InChI is InChI=1S/C16H19NO3S/c1-16(19,14-7-4-8-20-14)10-17-15(18)12-9-21-13-6-3-2-5-11(12)13/h4,7-9,19H,2-3,5-6,10H2,1H3,(H,17,18). The lowest BCUT2D eigenvalue weighted by Gasteiger charge is -2.21. The Morgan fingerprint density at radius 2 is 2.29 bits per heavy atom. The maximum Gasteiger partial charge on any atom is 0.252 e. The van der Waals surface area contributed by atoms with Gasteiger partial charge in [-0.3, -0.25) is 4.79 Å². The van der Waals surface area contributed by atoms with Gasteiger partial charge in [0.05, 0.1) is 18.4 Å². The third-order valence-corrected chi connectivity index (χ3v) is 5.04. The molecule has 21 heavy (non-hydrogen) atoms. The van der Waals surface area contributed by atoms with Gasteiger partial charge in [0, 0.05) is 10.3 Å². The van der Waals surface area contributed by atoms with E-state index in [9.17, 15) is 9.90 Å². The monoisotopic (exact) mass is 305 g/mol. The molecule has 0 spiro atoms. The predicted octanol–water partition coefficient (Wildman–Crippen LogP) is 2.86. The first-order valence-corrected chi connectivity index (χ1v) is 8.10. The predicted molar refractivity (Wildman–Crippen MR) is 81.6 cm³/mol. The van der Waals surface area contributed by atoms with Gasteiger partial charge in [0.25, 0.3) is 5.91 Å². The van der Waals surface area contributed by atoms with Gasteiger partial charge in [-0.2, -0.15) is 0 Å². The number of furan rings is 1. The van der Waals surface area contributed by atoms with Crippen molar-refractivity contribution in [2.45, 2.75) is 38.2 Å². The molecule has 112 valence electrons. The molecular formula is C16H19NO3S. The first-order chi connectivity index (χ1) is 10.1. The Kier molecular flexibility index (Phi) is 3.87. The summed E-state index contributed by atoms with van der Waals surface area (Å²) >= 11 is 1.67. The smallest absolute Gasteiger partial charge is 0.252 e. The zero-order valence-corrected chi connectivity index (χ0v) is 12.8. The second-order valence-corrected chi connectivity index (χ2v) is 6.66. The van der Waals surface area contributed by atoms with Gasteiger partial charge >= 0.3 is 0 Å². The summed E-state index contributed by atoms with van der Waals surface area (Å²) in [5.41, 5.74) is 0.765. The number of fused-ring (bicyclic) bond motifs is 1. The molecule has 1 aliphatic carbocycles. The van der Waals surface area contributed by atoms with Crippen molar-refractivity contribution < 1.29 is 14.3 Å². The van der Waals surface area contributed by atoms with Crippen molar-refractivity contribution in [1.29, 1.82) is 0 Å². The number of amides is 1. The molecule has 2 aromatic heterocycles. The van der Waals surface area contributed by atoms with Gasteiger partial charge in [-0.05, 0) is 50.3 Å². The second-order valence-electron chi connectivity index (χ2n) is 5.69. The second kappa shape index (κ2) is 5.66. The average Bonchev–Trinajstić information content (AvgIpc) is 3.14. The van der Waals surface area contributed by atoms with E-state index in [4.69, 9.17) is 4.42 Å². The normalized spacial score (nSPS) is 17.0. The molecule has 0 aliphatic heterocycles. The highest BCUT2D eigenvalue weighted by molar-refractivity contribution is 7.10. The summed E-state index contributed by atoms with van der Waals surface area (Å²) in [5.74, 6) is 0.344. The number of hydrogen-bond donors (Lipinski definition) is 2. The lowest BCUT2D eigenvalue weighted by Crippen LogP contribution is -2.38. The minimum atomic E-state index is -1.20. The van der Waals surface area contributed by atoms with Crippen LogP contribution in [0.5, 0.6) is 0 Å². The van der Waals surface area contributed by atoms with E-state index in [1.165, 1.54) is 23.1 Å². The van der Waals surface area contributed by atoms with E-state index in [1.54, 1.807) is 30.4 Å². The Bertz CT molecular complexity index is 628. The minimum absolute atomic E-state index is 0.110. The summed E-state index contributed by atoms with van der Waals surface area (Å²) in [6.07, 6.45) is 5.93. The number of rotatable bonds is 4. The van der Waals surface area contributed by atoms with E-state index in [1.807, 2.05) is 5.38 Å². The Morgan fingerprint density at radius 1 is 1.48 bits per heavy atom. The van der Waals surface area contributed by atoms with Crippen molar-refractivity contribution >= 4 is 17.2 Å². The van der Waals surface area contributed by atoms with Gasteiger partial charge in [-0.25, -0.2) is 0 Å². The summed E-state index contributed by atoms with van der Waals surface area (Å²) in [6, 6.07) is 3.43. The van der Waals surface area contributed by atoms with Gasteiger partial charge in [-0.1, -0.05) is 0 Å². The zero-order chi connectivity index (χ0) is 14.9. The topological polar surface area (TPSA) is 62.5 Å². The molecule has 2 N–H and O–H groups in total. The lowest BCUT2D eigenvalue weighted by atomic mass is 9.95. The molecule has 1 atom stereocenters. The summed E-state index contributed by atoms with van der Waals surface area (Å²) in [7, 11) is 0. The highest BCUT2D eigenvalue weighted by atomic mass is 32.1. The van der Waals surface area contributed by atoms with Gasteiger partial charge in [0.1, 0.15) is 11.4 Å². The molecule has 1 aliphatic rings. The average molecular weight is 305 g/mol. The first-order valence-electron chi connectivity index (χ1n) is 7.22. The van der Waals surface area contributed by atoms with E-state index in [-0.39, 0.29) is 12.5 Å². The van der Waals surface area contributed by atoms with Crippen molar-refractivity contribution in [3.05, 3.63) is 45.5 Å². The van der Waals surface area contributed by atoms with Gasteiger partial charge in [0.2, 0.25) is 0 Å². The summed E-state index contributed by atoms with van der Waals surface area (Å²) in [4.78, 5) is 13.7. The van der Waals surface area contributed by atoms with Crippen LogP contribution in [0.3, 0.4) is 0 Å². The highest BCUT2D eigenvalue weighted by Crippen LogP contribution is 2.30. The van der Waals surface area contributed by atoms with Crippen LogP contribution in [-0.4, -0.2) is 17.6 Å². The minimum Gasteiger partial charge on any atom is -0.466 e. The fourth-order valence-electron chi connectivity index (χ4n) is 2.70. The number of aliphatic hydroxyl groups is 1. The maximum absolute atomic E-state index is 12.3. The molecule has 0 bridgehead atoms. The molecule has 0 saturated heterocycles. The van der Waals surface area contributed by atoms with Crippen LogP contribution in [-0.2, 0) is 18.4 Å². The Hall–Kier alpha value is -1.59. The third-order valence-electron chi connectivity index (χ3n) is 3.95. The van der Waals surface area contributed by atoms with Gasteiger partial charge in [-0.15, -0.1) is 11.3 Å². The van der Waals surface area contributed by atoms with E-state index >= 15 is 0 Å². The zero-order valence-electron chi connectivity index (χ0n) is 12.0. The van der Waals surface area contributed by atoms with Crippen LogP contribution in [0, 0.1) is 0 Å². The van der Waals surface area contributed by atoms with E-state index in [0.717, 1.165) is 24.8 Å². The first kappa shape index (κ1) is 14.4. The molecule has 0 radical (unpaired) electrons. The lowest BCUT2D eigenvalue weighted by molar-refractivity contribution is 0.0330. The molecule has 4 nitrogen and oxygen atoms in total. The van der Waals surface area contributed by atoms with Crippen molar-refractivity contribution in [3.63, 3.8) is 0 Å². The molecule has 2 aromatic rings. The number of nitrogens with one attached hydrogen (secondary N) is 1. The molecule has 2 heterocycles. The number of carbonyl (C=O) groups excluding carboxylic acids is 1. The van der Waals surface area contributed by atoms with Crippen molar-refractivity contribution in [2.75, 3.05) is 6.54 Å². The molecule has 1 amide bonds. The maximum atomic E-state index is 12.3. The fraction of sp³-hybridized carbons (Fsp3) is 0.438. The summed E-state index contributed by atoms with van der Waals surface area (Å²) in [6.45, 7) is 1.76. The number of hydrogen-bond acceptors (Lipinski definition) is 4. The number of carbonyl (C=O) groups is 1. The molecule has 5 heteroatoms. The number of aryl methyl sites for hydroxylation is 1. The largest absolute Gasteiger partial charge is 0.466 e. The van der Waals surface area contributed by atoms with Crippen LogP contribution >= 0.6 is 11.3 Å². The number of thiophene rings is 1. The van der Waals surface area contributed by atoms with Crippen molar-refractivity contribution in [1.82, 2.24) is 5.32 Å². The van der Waals surface area contributed by atoms with Crippen LogP contribution in [0.4, 0.5) is 0 Å². The Balaban J connectivity index is 1.68. The van der Waals surface area contributed by atoms with E-state index in [0.29, 0.717) is 5.76 Å². The van der Waals surface area contributed by atoms with Crippen LogP contribution in [0.15, 0.2) is 28.2 Å². The van der Waals surface area contributed by atoms with E-state index < -0.39 is 5.60 Å². The van der Waals surface area contributed by atoms with Crippen molar-refractivity contribution in [3.8, 4) is 0 Å². The SMILES string of the molecule is CC(O)(CNC(=O)c1csc2c1CCCC2)c1ccco1. The molecule has 0 fully saturated rings.